The van der Waals surface area contributed by atoms with E-state index >= 15 is 0 Å². The molecule has 1 aliphatic rings. The van der Waals surface area contributed by atoms with Crippen LogP contribution in [-0.4, -0.2) is 13.1 Å². The number of hydrogen-bond acceptors (Lipinski definition) is 1. The maximum absolute atomic E-state index is 3.29. The molecule has 0 bridgehead atoms. The predicted molar refractivity (Wildman–Crippen MR) is 43.6 cm³/mol. The van der Waals surface area contributed by atoms with E-state index in [-0.39, 0.29) is 0 Å². The van der Waals surface area contributed by atoms with Gasteiger partial charge in [-0.3, -0.25) is 0 Å². The van der Waals surface area contributed by atoms with Crippen LogP contribution in [-0.2, 0) is 0 Å². The zero-order valence-electron chi connectivity index (χ0n) is 6.94. The third-order valence-corrected chi connectivity index (χ3v) is 2.24. The molecular formula is C9H15N. The lowest BCUT2D eigenvalue weighted by atomic mass is 9.95. The van der Waals surface area contributed by atoms with Crippen LogP contribution < -0.4 is 5.32 Å². The van der Waals surface area contributed by atoms with E-state index in [1.165, 1.54) is 6.42 Å². The SMILES string of the molecule is CC[C@H]1C#C[C@@H](C)[C@H]1NC. The molecule has 0 heterocycles. The minimum atomic E-state index is 0.537. The minimum Gasteiger partial charge on any atom is -0.315 e. The summed E-state index contributed by atoms with van der Waals surface area (Å²) in [5.41, 5.74) is 0. The van der Waals surface area contributed by atoms with Crippen LogP contribution in [0.15, 0.2) is 0 Å². The van der Waals surface area contributed by atoms with Gasteiger partial charge in [0.1, 0.15) is 0 Å². The van der Waals surface area contributed by atoms with Crippen LogP contribution in [0.3, 0.4) is 0 Å². The van der Waals surface area contributed by atoms with E-state index in [2.05, 4.69) is 31.0 Å². The third-order valence-electron chi connectivity index (χ3n) is 2.24. The topological polar surface area (TPSA) is 12.0 Å². The van der Waals surface area contributed by atoms with Crippen LogP contribution in [0.4, 0.5) is 0 Å². The number of hydrogen-bond donors (Lipinski definition) is 1. The van der Waals surface area contributed by atoms with Crippen molar-refractivity contribution in [2.24, 2.45) is 11.8 Å². The lowest BCUT2D eigenvalue weighted by Gasteiger charge is -2.19. The van der Waals surface area contributed by atoms with Crippen molar-refractivity contribution >= 4 is 0 Å². The molecule has 1 aliphatic carbocycles. The zero-order chi connectivity index (χ0) is 7.56. The van der Waals surface area contributed by atoms with Gasteiger partial charge in [0, 0.05) is 17.9 Å². The van der Waals surface area contributed by atoms with Crippen molar-refractivity contribution in [2.45, 2.75) is 26.3 Å². The summed E-state index contributed by atoms with van der Waals surface area (Å²) in [5, 5.41) is 3.29. The van der Waals surface area contributed by atoms with Crippen LogP contribution in [0.2, 0.25) is 0 Å². The largest absolute Gasteiger partial charge is 0.315 e. The van der Waals surface area contributed by atoms with Crippen LogP contribution >= 0.6 is 0 Å². The van der Waals surface area contributed by atoms with E-state index in [9.17, 15) is 0 Å². The highest BCUT2D eigenvalue weighted by molar-refractivity contribution is 5.19. The monoisotopic (exact) mass is 137 g/mol. The molecule has 10 heavy (non-hydrogen) atoms. The molecule has 56 valence electrons. The summed E-state index contributed by atoms with van der Waals surface area (Å²) in [5.74, 6) is 7.57. The Hall–Kier alpha value is -0.480. The minimum absolute atomic E-state index is 0.537. The Balaban J connectivity index is 2.55. The Labute approximate surface area is 63.2 Å². The van der Waals surface area contributed by atoms with Gasteiger partial charge in [-0.25, -0.2) is 0 Å². The van der Waals surface area contributed by atoms with Crippen LogP contribution in [0, 0.1) is 23.7 Å². The summed E-state index contributed by atoms with van der Waals surface area (Å²) in [6.45, 7) is 4.38. The van der Waals surface area contributed by atoms with Gasteiger partial charge in [0.2, 0.25) is 0 Å². The highest BCUT2D eigenvalue weighted by Crippen LogP contribution is 2.20. The lowest BCUT2D eigenvalue weighted by Crippen LogP contribution is -2.34. The first kappa shape index (κ1) is 7.63. The Morgan fingerprint density at radius 1 is 1.40 bits per heavy atom. The van der Waals surface area contributed by atoms with Crippen molar-refractivity contribution in [1.29, 1.82) is 0 Å². The van der Waals surface area contributed by atoms with Gasteiger partial charge in [0.25, 0.3) is 0 Å². The Morgan fingerprint density at radius 3 is 2.50 bits per heavy atom. The molecule has 0 saturated carbocycles. The Bertz CT molecular complexity index is 163. The van der Waals surface area contributed by atoms with Crippen molar-refractivity contribution in [3.05, 3.63) is 0 Å². The molecule has 0 radical (unpaired) electrons. The van der Waals surface area contributed by atoms with E-state index in [4.69, 9.17) is 0 Å². The predicted octanol–water partition coefficient (Wildman–Crippen LogP) is 1.25. The molecule has 0 spiro atoms. The molecule has 0 amide bonds. The second kappa shape index (κ2) is 3.07. The molecule has 1 nitrogen and oxygen atoms in total. The molecule has 0 fully saturated rings. The first-order valence-corrected chi connectivity index (χ1v) is 3.98. The summed E-state index contributed by atoms with van der Waals surface area (Å²) < 4.78 is 0. The van der Waals surface area contributed by atoms with Crippen molar-refractivity contribution in [2.75, 3.05) is 7.05 Å². The quantitative estimate of drug-likeness (QED) is 0.565. The molecule has 1 rings (SSSR count). The van der Waals surface area contributed by atoms with Gasteiger partial charge in [-0.2, -0.15) is 0 Å². The molecule has 0 aromatic rings. The van der Waals surface area contributed by atoms with Crippen LogP contribution in [0.25, 0.3) is 0 Å². The van der Waals surface area contributed by atoms with E-state index in [0.717, 1.165) is 0 Å². The van der Waals surface area contributed by atoms with Crippen LogP contribution in [0.1, 0.15) is 20.3 Å². The summed E-state index contributed by atoms with van der Waals surface area (Å²) in [7, 11) is 2.01. The second-order valence-electron chi connectivity index (χ2n) is 2.91. The zero-order valence-corrected chi connectivity index (χ0v) is 6.94. The summed E-state index contributed by atoms with van der Waals surface area (Å²) >= 11 is 0. The highest BCUT2D eigenvalue weighted by atomic mass is 14.9. The normalized spacial score (nSPS) is 37.3. The molecule has 3 atom stereocenters. The highest BCUT2D eigenvalue weighted by Gasteiger charge is 2.25. The van der Waals surface area contributed by atoms with Gasteiger partial charge in [-0.1, -0.05) is 18.8 Å². The van der Waals surface area contributed by atoms with Gasteiger partial charge >= 0.3 is 0 Å². The van der Waals surface area contributed by atoms with E-state index in [0.29, 0.717) is 17.9 Å². The maximum atomic E-state index is 3.29. The van der Waals surface area contributed by atoms with Crippen molar-refractivity contribution in [3.8, 4) is 11.8 Å². The van der Waals surface area contributed by atoms with Gasteiger partial charge in [-0.15, -0.1) is 0 Å². The van der Waals surface area contributed by atoms with E-state index in [1.807, 2.05) is 7.05 Å². The molecule has 0 unspecified atom stereocenters. The molecule has 0 aromatic heterocycles. The summed E-state index contributed by atoms with van der Waals surface area (Å²) in [4.78, 5) is 0. The Morgan fingerprint density at radius 2 is 2.10 bits per heavy atom. The fourth-order valence-electron chi connectivity index (χ4n) is 1.57. The maximum Gasteiger partial charge on any atom is 0.0365 e. The molecule has 1 N–H and O–H groups in total. The molecule has 0 aliphatic heterocycles. The standard InChI is InChI=1S/C9H15N/c1-4-8-6-5-7(2)9(8)10-3/h7-10H,4H2,1-3H3/t7-,8+,9-/m1/s1. The molecule has 0 aromatic carbocycles. The average molecular weight is 137 g/mol. The first-order valence-electron chi connectivity index (χ1n) is 3.98. The van der Waals surface area contributed by atoms with Gasteiger partial charge in [-0.05, 0) is 20.4 Å². The van der Waals surface area contributed by atoms with Gasteiger partial charge in [0.15, 0.2) is 0 Å². The average Bonchev–Trinajstić information content (AvgIpc) is 2.30. The number of rotatable bonds is 2. The van der Waals surface area contributed by atoms with Crippen molar-refractivity contribution in [1.82, 2.24) is 5.32 Å². The molecular weight excluding hydrogens is 122 g/mol. The first-order chi connectivity index (χ1) is 4.79. The third kappa shape index (κ3) is 1.17. The van der Waals surface area contributed by atoms with Crippen LogP contribution in [0.5, 0.6) is 0 Å². The summed E-state index contributed by atoms with van der Waals surface area (Å²) in [6, 6.07) is 0.574. The lowest BCUT2D eigenvalue weighted by molar-refractivity contribution is 0.394. The Kier molecular flexibility index (Phi) is 2.34. The number of nitrogens with one attached hydrogen (secondary N) is 1. The van der Waals surface area contributed by atoms with Crippen molar-refractivity contribution in [3.63, 3.8) is 0 Å². The second-order valence-corrected chi connectivity index (χ2v) is 2.91. The van der Waals surface area contributed by atoms with E-state index < -0.39 is 0 Å². The molecule has 0 saturated heterocycles. The van der Waals surface area contributed by atoms with E-state index in [1.54, 1.807) is 0 Å². The van der Waals surface area contributed by atoms with Crippen molar-refractivity contribution < 1.29 is 0 Å². The molecule has 1 heteroatoms. The fraction of sp³-hybridized carbons (Fsp3) is 0.778. The fourth-order valence-corrected chi connectivity index (χ4v) is 1.57. The van der Waals surface area contributed by atoms with Gasteiger partial charge in [0.05, 0.1) is 0 Å². The smallest absolute Gasteiger partial charge is 0.0365 e. The summed E-state index contributed by atoms with van der Waals surface area (Å²) in [6.07, 6.45) is 1.17. The van der Waals surface area contributed by atoms with Gasteiger partial charge < -0.3 is 5.32 Å².